The van der Waals surface area contributed by atoms with E-state index in [9.17, 15) is 0 Å². The molecule has 0 aromatic carbocycles. The average Bonchev–Trinajstić information content (AvgIpc) is 2.46. The van der Waals surface area contributed by atoms with Crippen molar-refractivity contribution < 1.29 is 0 Å². The number of hydrogen-bond donors (Lipinski definition) is 2. The Morgan fingerprint density at radius 1 is 1.69 bits per heavy atom. The number of aromatic nitrogens is 2. The molecule has 1 atom stereocenters. The van der Waals surface area contributed by atoms with Crippen LogP contribution in [0.3, 0.4) is 0 Å². The third-order valence-corrected chi connectivity index (χ3v) is 2.37. The first-order valence-corrected chi connectivity index (χ1v) is 5.45. The number of aryl methyl sites for hydroxylation is 1. The summed E-state index contributed by atoms with van der Waals surface area (Å²) in [6.07, 6.45) is 3.84. The zero-order chi connectivity index (χ0) is 9.84. The van der Waals surface area contributed by atoms with E-state index in [2.05, 4.69) is 34.5 Å². The molecule has 0 aliphatic rings. The number of rotatable bonds is 4. The van der Waals surface area contributed by atoms with Gasteiger partial charge < -0.3 is 16.0 Å². The molecule has 74 valence electrons. The molecular weight excluding hydrogens is 279 g/mol. The van der Waals surface area contributed by atoms with Crippen LogP contribution in [0.5, 0.6) is 0 Å². The van der Waals surface area contributed by atoms with Crippen LogP contribution in [-0.4, -0.2) is 16.1 Å². The van der Waals surface area contributed by atoms with E-state index in [1.54, 1.807) is 0 Å². The van der Waals surface area contributed by atoms with Crippen molar-refractivity contribution in [2.45, 2.75) is 25.9 Å². The molecule has 0 saturated carbocycles. The van der Waals surface area contributed by atoms with Crippen LogP contribution >= 0.6 is 22.6 Å². The van der Waals surface area contributed by atoms with E-state index in [4.69, 9.17) is 11.5 Å². The largest absolute Gasteiger partial charge is 0.327 e. The van der Waals surface area contributed by atoms with Crippen LogP contribution in [0.2, 0.25) is 0 Å². The van der Waals surface area contributed by atoms with Crippen LogP contribution in [0.4, 0.5) is 0 Å². The van der Waals surface area contributed by atoms with Gasteiger partial charge in [-0.1, -0.05) is 6.92 Å². The Kier molecular flexibility index (Phi) is 4.14. The van der Waals surface area contributed by atoms with Crippen molar-refractivity contribution in [1.29, 1.82) is 0 Å². The van der Waals surface area contributed by atoms with Crippen LogP contribution in [0.1, 0.15) is 25.3 Å². The summed E-state index contributed by atoms with van der Waals surface area (Å²) in [5, 5.41) is 0. The standard InChI is InChI=1S/C8H15IN4/c1-2-3-8-12-6(9)5-13(8)7(11)4-10/h5,7H,2-4,10-11H2,1H3. The van der Waals surface area contributed by atoms with E-state index < -0.39 is 0 Å². The van der Waals surface area contributed by atoms with Gasteiger partial charge in [0.05, 0.1) is 6.17 Å². The first kappa shape index (κ1) is 10.9. The molecular formula is C8H15IN4. The van der Waals surface area contributed by atoms with Crippen molar-refractivity contribution in [2.24, 2.45) is 11.5 Å². The summed E-state index contributed by atoms with van der Waals surface area (Å²) in [6.45, 7) is 2.57. The molecule has 0 amide bonds. The molecule has 0 saturated heterocycles. The Hall–Kier alpha value is -0.140. The molecule has 1 unspecified atom stereocenters. The first-order chi connectivity index (χ1) is 6.19. The number of nitrogens with two attached hydrogens (primary N) is 2. The molecule has 1 aromatic rings. The molecule has 0 aliphatic carbocycles. The minimum atomic E-state index is -0.141. The Balaban J connectivity index is 2.89. The van der Waals surface area contributed by atoms with Crippen LogP contribution in [-0.2, 0) is 6.42 Å². The van der Waals surface area contributed by atoms with Crippen LogP contribution in [0, 0.1) is 3.70 Å². The maximum absolute atomic E-state index is 5.83. The third kappa shape index (κ3) is 2.65. The molecule has 0 fully saturated rings. The number of imidazole rings is 1. The van der Waals surface area contributed by atoms with Gasteiger partial charge in [0.2, 0.25) is 0 Å². The summed E-state index contributed by atoms with van der Waals surface area (Å²) in [4.78, 5) is 4.38. The van der Waals surface area contributed by atoms with Gasteiger partial charge in [0.1, 0.15) is 9.53 Å². The zero-order valence-electron chi connectivity index (χ0n) is 7.70. The molecule has 0 aliphatic heterocycles. The van der Waals surface area contributed by atoms with Crippen molar-refractivity contribution in [3.05, 3.63) is 15.7 Å². The third-order valence-electron chi connectivity index (χ3n) is 1.85. The quantitative estimate of drug-likeness (QED) is 0.809. The normalized spacial score (nSPS) is 13.2. The fourth-order valence-corrected chi connectivity index (χ4v) is 1.79. The van der Waals surface area contributed by atoms with Gasteiger partial charge in [0, 0.05) is 19.2 Å². The molecule has 4 nitrogen and oxygen atoms in total. The van der Waals surface area contributed by atoms with Gasteiger partial charge in [-0.15, -0.1) is 0 Å². The monoisotopic (exact) mass is 294 g/mol. The molecule has 0 spiro atoms. The fraction of sp³-hybridized carbons (Fsp3) is 0.625. The second-order valence-corrected chi connectivity index (χ2v) is 4.05. The van der Waals surface area contributed by atoms with Gasteiger partial charge in [0.15, 0.2) is 0 Å². The minimum Gasteiger partial charge on any atom is -0.327 e. The summed E-state index contributed by atoms with van der Waals surface area (Å²) in [7, 11) is 0. The lowest BCUT2D eigenvalue weighted by Crippen LogP contribution is -2.27. The van der Waals surface area contributed by atoms with E-state index in [0.717, 1.165) is 22.4 Å². The lowest BCUT2D eigenvalue weighted by Gasteiger charge is -2.13. The van der Waals surface area contributed by atoms with E-state index in [-0.39, 0.29) is 6.17 Å². The van der Waals surface area contributed by atoms with Crippen molar-refractivity contribution in [2.75, 3.05) is 6.54 Å². The minimum absolute atomic E-state index is 0.141. The maximum atomic E-state index is 5.83. The molecule has 1 rings (SSSR count). The fourth-order valence-electron chi connectivity index (χ4n) is 1.21. The molecule has 1 aromatic heterocycles. The van der Waals surface area contributed by atoms with Gasteiger partial charge in [-0.05, 0) is 29.0 Å². The van der Waals surface area contributed by atoms with E-state index in [1.165, 1.54) is 0 Å². The zero-order valence-corrected chi connectivity index (χ0v) is 9.86. The van der Waals surface area contributed by atoms with Crippen molar-refractivity contribution in [1.82, 2.24) is 9.55 Å². The lowest BCUT2D eigenvalue weighted by atomic mass is 10.3. The number of halogens is 1. The molecule has 0 bridgehead atoms. The highest BCUT2D eigenvalue weighted by molar-refractivity contribution is 14.1. The number of nitrogens with zero attached hydrogens (tertiary/aromatic N) is 2. The van der Waals surface area contributed by atoms with Gasteiger partial charge in [-0.3, -0.25) is 0 Å². The first-order valence-electron chi connectivity index (χ1n) is 4.38. The van der Waals surface area contributed by atoms with Crippen LogP contribution in [0.25, 0.3) is 0 Å². The summed E-state index contributed by atoms with van der Waals surface area (Å²) in [5.74, 6) is 1.03. The Labute approximate surface area is 91.8 Å². The smallest absolute Gasteiger partial charge is 0.119 e. The van der Waals surface area contributed by atoms with Crippen molar-refractivity contribution in [3.63, 3.8) is 0 Å². The van der Waals surface area contributed by atoms with Gasteiger partial charge >= 0.3 is 0 Å². The summed E-state index contributed by atoms with van der Waals surface area (Å²) >= 11 is 2.19. The van der Waals surface area contributed by atoms with Gasteiger partial charge in [0.25, 0.3) is 0 Å². The SMILES string of the molecule is CCCc1nc(I)cn1C(N)CN. The molecule has 0 radical (unpaired) electrons. The predicted octanol–water partition coefficient (Wildman–Crippen LogP) is 0.856. The lowest BCUT2D eigenvalue weighted by molar-refractivity contribution is 0.507. The van der Waals surface area contributed by atoms with Crippen LogP contribution < -0.4 is 11.5 Å². The van der Waals surface area contributed by atoms with Gasteiger partial charge in [-0.25, -0.2) is 4.98 Å². The van der Waals surface area contributed by atoms with Gasteiger partial charge in [-0.2, -0.15) is 0 Å². The van der Waals surface area contributed by atoms with Crippen molar-refractivity contribution in [3.8, 4) is 0 Å². The Bertz CT molecular complexity index is 271. The highest BCUT2D eigenvalue weighted by Crippen LogP contribution is 2.11. The highest BCUT2D eigenvalue weighted by Gasteiger charge is 2.10. The molecule has 5 heteroatoms. The second kappa shape index (κ2) is 4.92. The van der Waals surface area contributed by atoms with E-state index in [1.807, 2.05) is 10.8 Å². The average molecular weight is 294 g/mol. The Morgan fingerprint density at radius 2 is 2.38 bits per heavy atom. The second-order valence-electron chi connectivity index (χ2n) is 2.94. The molecule has 1 heterocycles. The van der Waals surface area contributed by atoms with Crippen LogP contribution in [0.15, 0.2) is 6.20 Å². The number of hydrogen-bond acceptors (Lipinski definition) is 3. The topological polar surface area (TPSA) is 69.9 Å². The predicted molar refractivity (Wildman–Crippen MR) is 61.2 cm³/mol. The van der Waals surface area contributed by atoms with Crippen molar-refractivity contribution >= 4 is 22.6 Å². The maximum Gasteiger partial charge on any atom is 0.119 e. The highest BCUT2D eigenvalue weighted by atomic mass is 127. The summed E-state index contributed by atoms with van der Waals surface area (Å²) < 4.78 is 2.94. The van der Waals surface area contributed by atoms with E-state index >= 15 is 0 Å². The Morgan fingerprint density at radius 3 is 2.92 bits per heavy atom. The summed E-state index contributed by atoms with van der Waals surface area (Å²) in [5.41, 5.74) is 11.3. The van der Waals surface area contributed by atoms with E-state index in [0.29, 0.717) is 6.54 Å². The molecule has 13 heavy (non-hydrogen) atoms. The molecule has 4 N–H and O–H groups in total. The summed E-state index contributed by atoms with van der Waals surface area (Å²) in [6, 6.07) is 0.